The van der Waals surface area contributed by atoms with Gasteiger partial charge in [0.1, 0.15) is 0 Å². The molecule has 0 aromatic carbocycles. The van der Waals surface area contributed by atoms with Gasteiger partial charge in [-0.1, -0.05) is 0 Å². The summed E-state index contributed by atoms with van der Waals surface area (Å²) in [6.07, 6.45) is 0.546. The van der Waals surface area contributed by atoms with Crippen molar-refractivity contribution >= 4 is 5.97 Å². The van der Waals surface area contributed by atoms with E-state index in [0.717, 1.165) is 0 Å². The second-order valence-corrected chi connectivity index (χ2v) is 3.58. The summed E-state index contributed by atoms with van der Waals surface area (Å²) in [5.41, 5.74) is 0. The third-order valence-electron chi connectivity index (χ3n) is 2.13. The molecule has 5 heteroatoms. The molecule has 0 amide bonds. The molecule has 0 aromatic rings. The maximum atomic E-state index is 10.4. The number of hydrogen-bond donors (Lipinski definition) is 2. The lowest BCUT2D eigenvalue weighted by atomic mass is 10.2. The quantitative estimate of drug-likeness (QED) is 0.555. The predicted octanol–water partition coefficient (Wildman–Crippen LogP) is 1.23. The smallest absolute Gasteiger partial charge is 0.303 e. The molecule has 1 unspecified atom stereocenters. The molecule has 0 aromatic heterocycles. The van der Waals surface area contributed by atoms with Gasteiger partial charge in [0.15, 0.2) is 6.29 Å². The van der Waals surface area contributed by atoms with E-state index in [0.29, 0.717) is 26.2 Å². The fraction of sp³-hybridized carbons (Fsp3) is 0.909. The first kappa shape index (κ1) is 15.3. The molecule has 0 bridgehead atoms. The molecular formula is C11H23NO4. The van der Waals surface area contributed by atoms with Crippen LogP contribution in [0.3, 0.4) is 0 Å². The topological polar surface area (TPSA) is 67.8 Å². The van der Waals surface area contributed by atoms with Gasteiger partial charge in [-0.2, -0.15) is 0 Å². The van der Waals surface area contributed by atoms with E-state index in [1.807, 2.05) is 20.8 Å². The van der Waals surface area contributed by atoms with Gasteiger partial charge in [-0.25, -0.2) is 0 Å². The molecule has 0 saturated carbocycles. The zero-order chi connectivity index (χ0) is 12.4. The minimum atomic E-state index is -0.764. The Balaban J connectivity index is 3.68. The number of carboxylic acids is 1. The van der Waals surface area contributed by atoms with Gasteiger partial charge >= 0.3 is 5.97 Å². The van der Waals surface area contributed by atoms with E-state index in [9.17, 15) is 4.79 Å². The number of aliphatic carboxylic acids is 1. The fourth-order valence-electron chi connectivity index (χ4n) is 1.28. The second kappa shape index (κ2) is 9.57. The molecule has 0 rings (SSSR count). The first-order chi connectivity index (χ1) is 7.60. The highest BCUT2D eigenvalue weighted by Crippen LogP contribution is 1.99. The van der Waals surface area contributed by atoms with Crippen molar-refractivity contribution in [3.8, 4) is 0 Å². The Kier molecular flexibility index (Phi) is 9.18. The van der Waals surface area contributed by atoms with Crippen molar-refractivity contribution in [3.05, 3.63) is 0 Å². The Morgan fingerprint density at radius 2 is 1.88 bits per heavy atom. The SMILES string of the molecule is CCOC(CNC(C)CCC(=O)O)OCC. The Labute approximate surface area is 97.1 Å². The molecule has 96 valence electrons. The van der Waals surface area contributed by atoms with Gasteiger partial charge in [0, 0.05) is 32.2 Å². The van der Waals surface area contributed by atoms with Crippen LogP contribution in [0.5, 0.6) is 0 Å². The van der Waals surface area contributed by atoms with Crippen LogP contribution in [0.4, 0.5) is 0 Å². The average Bonchev–Trinajstić information content (AvgIpc) is 2.23. The third-order valence-corrected chi connectivity index (χ3v) is 2.13. The number of nitrogens with one attached hydrogen (secondary N) is 1. The van der Waals surface area contributed by atoms with Crippen LogP contribution < -0.4 is 5.32 Å². The molecule has 0 heterocycles. The van der Waals surface area contributed by atoms with Crippen molar-refractivity contribution in [2.45, 2.75) is 45.9 Å². The summed E-state index contributed by atoms with van der Waals surface area (Å²) in [5, 5.41) is 11.7. The number of rotatable bonds is 10. The van der Waals surface area contributed by atoms with Crippen molar-refractivity contribution in [1.29, 1.82) is 0 Å². The first-order valence-corrected chi connectivity index (χ1v) is 5.78. The highest BCUT2D eigenvalue weighted by molar-refractivity contribution is 5.66. The summed E-state index contributed by atoms with van der Waals surface area (Å²) in [5.74, 6) is -0.764. The molecule has 16 heavy (non-hydrogen) atoms. The summed E-state index contributed by atoms with van der Waals surface area (Å²) in [4.78, 5) is 10.4. The number of hydrogen-bond acceptors (Lipinski definition) is 4. The highest BCUT2D eigenvalue weighted by Gasteiger charge is 2.10. The molecule has 0 aliphatic heterocycles. The van der Waals surface area contributed by atoms with Crippen LogP contribution in [-0.2, 0) is 14.3 Å². The summed E-state index contributed by atoms with van der Waals surface area (Å²) >= 11 is 0. The lowest BCUT2D eigenvalue weighted by molar-refractivity contribution is -0.137. The third kappa shape index (κ3) is 8.64. The number of ether oxygens (including phenoxy) is 2. The Hall–Kier alpha value is -0.650. The molecule has 0 aliphatic rings. The molecule has 2 N–H and O–H groups in total. The summed E-state index contributed by atoms with van der Waals surface area (Å²) in [6, 6.07) is 0.152. The van der Waals surface area contributed by atoms with Crippen LogP contribution in [0.15, 0.2) is 0 Å². The van der Waals surface area contributed by atoms with E-state index >= 15 is 0 Å². The number of carbonyl (C=O) groups is 1. The summed E-state index contributed by atoms with van der Waals surface area (Å²) in [6.45, 7) is 7.59. The van der Waals surface area contributed by atoms with Gasteiger partial charge in [-0.15, -0.1) is 0 Å². The molecule has 0 fully saturated rings. The largest absolute Gasteiger partial charge is 0.481 e. The zero-order valence-electron chi connectivity index (χ0n) is 10.4. The van der Waals surface area contributed by atoms with E-state index in [4.69, 9.17) is 14.6 Å². The molecule has 0 radical (unpaired) electrons. The lowest BCUT2D eigenvalue weighted by Gasteiger charge is -2.20. The minimum absolute atomic E-state index is 0.152. The summed E-state index contributed by atoms with van der Waals surface area (Å²) in [7, 11) is 0. The van der Waals surface area contributed by atoms with Crippen LogP contribution in [0.2, 0.25) is 0 Å². The van der Waals surface area contributed by atoms with Crippen LogP contribution in [0, 0.1) is 0 Å². The van der Waals surface area contributed by atoms with Crippen LogP contribution >= 0.6 is 0 Å². The molecule has 0 spiro atoms. The standard InChI is InChI=1S/C11H23NO4/c1-4-15-11(16-5-2)8-12-9(3)6-7-10(13)14/h9,11-12H,4-8H2,1-3H3,(H,13,14). The van der Waals surface area contributed by atoms with Crippen LogP contribution in [-0.4, -0.2) is 43.2 Å². The van der Waals surface area contributed by atoms with Crippen LogP contribution in [0.25, 0.3) is 0 Å². The van der Waals surface area contributed by atoms with Gasteiger partial charge in [0.05, 0.1) is 0 Å². The van der Waals surface area contributed by atoms with E-state index in [-0.39, 0.29) is 18.8 Å². The van der Waals surface area contributed by atoms with Crippen molar-refractivity contribution in [3.63, 3.8) is 0 Å². The van der Waals surface area contributed by atoms with Crippen molar-refractivity contribution < 1.29 is 19.4 Å². The minimum Gasteiger partial charge on any atom is -0.481 e. The van der Waals surface area contributed by atoms with Gasteiger partial charge in [0.25, 0.3) is 0 Å². The van der Waals surface area contributed by atoms with Gasteiger partial charge in [-0.3, -0.25) is 4.79 Å². The molecule has 0 aliphatic carbocycles. The molecule has 0 saturated heterocycles. The van der Waals surface area contributed by atoms with Crippen molar-refractivity contribution in [1.82, 2.24) is 5.32 Å². The Morgan fingerprint density at radius 1 is 1.31 bits per heavy atom. The van der Waals surface area contributed by atoms with E-state index in [1.54, 1.807) is 0 Å². The summed E-state index contributed by atoms with van der Waals surface area (Å²) < 4.78 is 10.7. The van der Waals surface area contributed by atoms with E-state index < -0.39 is 5.97 Å². The lowest BCUT2D eigenvalue weighted by Crippen LogP contribution is -2.36. The maximum absolute atomic E-state index is 10.4. The maximum Gasteiger partial charge on any atom is 0.303 e. The predicted molar refractivity (Wildman–Crippen MR) is 61.4 cm³/mol. The van der Waals surface area contributed by atoms with Gasteiger partial charge in [0.2, 0.25) is 0 Å². The Morgan fingerprint density at radius 3 is 2.31 bits per heavy atom. The van der Waals surface area contributed by atoms with Crippen LogP contribution in [0.1, 0.15) is 33.6 Å². The van der Waals surface area contributed by atoms with Gasteiger partial charge in [-0.05, 0) is 27.2 Å². The monoisotopic (exact) mass is 233 g/mol. The van der Waals surface area contributed by atoms with Crippen molar-refractivity contribution in [2.24, 2.45) is 0 Å². The second-order valence-electron chi connectivity index (χ2n) is 3.58. The average molecular weight is 233 g/mol. The molecule has 1 atom stereocenters. The fourth-order valence-corrected chi connectivity index (χ4v) is 1.28. The highest BCUT2D eigenvalue weighted by atomic mass is 16.7. The normalized spacial score (nSPS) is 13.0. The molecule has 5 nitrogen and oxygen atoms in total. The van der Waals surface area contributed by atoms with E-state index in [2.05, 4.69) is 5.32 Å². The van der Waals surface area contributed by atoms with E-state index in [1.165, 1.54) is 0 Å². The molecular weight excluding hydrogens is 210 g/mol. The van der Waals surface area contributed by atoms with Gasteiger partial charge < -0.3 is 19.9 Å². The number of carboxylic acid groups (broad SMARTS) is 1. The van der Waals surface area contributed by atoms with Crippen molar-refractivity contribution in [2.75, 3.05) is 19.8 Å². The first-order valence-electron chi connectivity index (χ1n) is 5.78. The Bertz CT molecular complexity index is 181. The zero-order valence-corrected chi connectivity index (χ0v) is 10.4.